The van der Waals surface area contributed by atoms with Crippen LogP contribution >= 0.6 is 11.3 Å². The summed E-state index contributed by atoms with van der Waals surface area (Å²) in [5.41, 5.74) is 1.17. The number of carbonyl (C=O) groups is 1. The Hall–Kier alpha value is -3.18. The number of nitrogens with one attached hydrogen (secondary N) is 1. The van der Waals surface area contributed by atoms with Crippen LogP contribution in [0.15, 0.2) is 29.1 Å². The quantitative estimate of drug-likeness (QED) is 0.679. The van der Waals surface area contributed by atoms with Crippen molar-refractivity contribution in [1.29, 1.82) is 5.26 Å². The second-order valence-electron chi connectivity index (χ2n) is 5.97. The van der Waals surface area contributed by atoms with Crippen molar-refractivity contribution in [3.8, 4) is 11.8 Å². The van der Waals surface area contributed by atoms with Crippen LogP contribution in [0.25, 0.3) is 10.2 Å². The number of aromatic amines is 1. The minimum atomic E-state index is -0.720. The zero-order chi connectivity index (χ0) is 19.6. The lowest BCUT2D eigenvalue weighted by molar-refractivity contribution is -0.151. The van der Waals surface area contributed by atoms with Crippen molar-refractivity contribution in [2.24, 2.45) is 0 Å². The molecule has 8 heteroatoms. The van der Waals surface area contributed by atoms with Crippen LogP contribution in [0.1, 0.15) is 34.9 Å². The average molecular weight is 383 g/mol. The predicted molar refractivity (Wildman–Crippen MR) is 101 cm³/mol. The molecule has 138 valence electrons. The van der Waals surface area contributed by atoms with Crippen LogP contribution in [0.3, 0.4) is 0 Å². The number of rotatable bonds is 5. The van der Waals surface area contributed by atoms with Gasteiger partial charge in [0.1, 0.15) is 10.6 Å². The fourth-order valence-electron chi connectivity index (χ4n) is 2.52. The zero-order valence-electron chi connectivity index (χ0n) is 15.0. The highest BCUT2D eigenvalue weighted by molar-refractivity contribution is 7.18. The van der Waals surface area contributed by atoms with E-state index >= 15 is 0 Å². The van der Waals surface area contributed by atoms with Crippen molar-refractivity contribution in [3.05, 3.63) is 56.4 Å². The SMILES string of the molecule is Cc1sc2nc([C@H](C)OC(=O)COc3ccc(C#N)cc3)[nH]c(=O)c2c1C. The fraction of sp³-hybridized carbons (Fsp3) is 0.263. The monoisotopic (exact) mass is 383 g/mol. The van der Waals surface area contributed by atoms with Crippen LogP contribution in [-0.2, 0) is 9.53 Å². The highest BCUT2D eigenvalue weighted by Crippen LogP contribution is 2.26. The van der Waals surface area contributed by atoms with Gasteiger partial charge in [-0.1, -0.05) is 0 Å². The van der Waals surface area contributed by atoms with Gasteiger partial charge in [-0.3, -0.25) is 4.79 Å². The van der Waals surface area contributed by atoms with Crippen molar-refractivity contribution in [2.75, 3.05) is 6.61 Å². The Kier molecular flexibility index (Phi) is 5.23. The number of H-pyrrole nitrogens is 1. The van der Waals surface area contributed by atoms with Gasteiger partial charge in [-0.2, -0.15) is 5.26 Å². The molecule has 0 fully saturated rings. The minimum Gasteiger partial charge on any atom is -0.482 e. The van der Waals surface area contributed by atoms with Gasteiger partial charge in [-0.15, -0.1) is 11.3 Å². The van der Waals surface area contributed by atoms with Gasteiger partial charge < -0.3 is 14.5 Å². The second-order valence-corrected chi connectivity index (χ2v) is 7.17. The molecule has 0 spiro atoms. The van der Waals surface area contributed by atoms with Gasteiger partial charge in [-0.05, 0) is 50.6 Å². The Morgan fingerprint density at radius 2 is 2.04 bits per heavy atom. The van der Waals surface area contributed by atoms with E-state index in [4.69, 9.17) is 14.7 Å². The van der Waals surface area contributed by atoms with Crippen LogP contribution < -0.4 is 10.3 Å². The number of nitriles is 1. The van der Waals surface area contributed by atoms with Gasteiger partial charge in [0.25, 0.3) is 5.56 Å². The maximum absolute atomic E-state index is 12.3. The van der Waals surface area contributed by atoms with Crippen LogP contribution in [-0.4, -0.2) is 22.5 Å². The number of esters is 1. The van der Waals surface area contributed by atoms with Crippen LogP contribution in [0.5, 0.6) is 5.75 Å². The standard InChI is InChI=1S/C19H17N3O4S/c1-10-12(3)27-19-16(10)18(24)21-17(22-19)11(2)26-15(23)9-25-14-6-4-13(8-20)5-7-14/h4-7,11H,9H2,1-3H3,(H,21,22,24)/t11-/m0/s1. The Bertz CT molecular complexity index is 1090. The number of aromatic nitrogens is 2. The minimum absolute atomic E-state index is 0.242. The lowest BCUT2D eigenvalue weighted by Crippen LogP contribution is -2.20. The Morgan fingerprint density at radius 3 is 2.70 bits per heavy atom. The number of hydrogen-bond donors (Lipinski definition) is 1. The zero-order valence-corrected chi connectivity index (χ0v) is 15.8. The van der Waals surface area contributed by atoms with E-state index in [9.17, 15) is 9.59 Å². The topological polar surface area (TPSA) is 105 Å². The van der Waals surface area contributed by atoms with Gasteiger partial charge >= 0.3 is 5.97 Å². The summed E-state index contributed by atoms with van der Waals surface area (Å²) < 4.78 is 10.6. The molecule has 1 aromatic carbocycles. The Balaban J connectivity index is 1.66. The smallest absolute Gasteiger partial charge is 0.344 e. The fourth-order valence-corrected chi connectivity index (χ4v) is 3.56. The molecule has 2 aromatic heterocycles. The molecule has 3 rings (SSSR count). The number of thiophene rings is 1. The lowest BCUT2D eigenvalue weighted by Gasteiger charge is -2.13. The van der Waals surface area contributed by atoms with Crippen LogP contribution in [0, 0.1) is 25.2 Å². The number of nitrogens with zero attached hydrogens (tertiary/aromatic N) is 2. The van der Waals surface area contributed by atoms with E-state index in [1.807, 2.05) is 19.9 Å². The summed E-state index contributed by atoms with van der Waals surface area (Å²) in [7, 11) is 0. The molecule has 3 aromatic rings. The Labute approximate surface area is 159 Å². The molecule has 0 radical (unpaired) electrons. The number of aryl methyl sites for hydroxylation is 2. The number of ether oxygens (including phenoxy) is 2. The first kappa shape index (κ1) is 18.6. The molecule has 0 aliphatic rings. The van der Waals surface area contributed by atoms with Crippen molar-refractivity contribution in [2.45, 2.75) is 26.9 Å². The summed E-state index contributed by atoms with van der Waals surface area (Å²) in [5.74, 6) is 0.157. The molecule has 1 atom stereocenters. The number of hydrogen-bond acceptors (Lipinski definition) is 7. The van der Waals surface area contributed by atoms with Gasteiger partial charge in [0.2, 0.25) is 0 Å². The van der Waals surface area contributed by atoms with Crippen molar-refractivity contribution in [1.82, 2.24) is 9.97 Å². The molecule has 7 nitrogen and oxygen atoms in total. The van der Waals surface area contributed by atoms with E-state index < -0.39 is 12.1 Å². The predicted octanol–water partition coefficient (Wildman–Crippen LogP) is 3.16. The van der Waals surface area contributed by atoms with Crippen molar-refractivity contribution >= 4 is 27.5 Å². The molecule has 0 aliphatic heterocycles. The van der Waals surface area contributed by atoms with Crippen molar-refractivity contribution in [3.63, 3.8) is 0 Å². The molecule has 1 N–H and O–H groups in total. The summed E-state index contributed by atoms with van der Waals surface area (Å²) >= 11 is 1.43. The van der Waals surface area contributed by atoms with E-state index in [2.05, 4.69) is 9.97 Å². The third-order valence-electron chi connectivity index (χ3n) is 4.09. The number of benzene rings is 1. The highest BCUT2D eigenvalue weighted by atomic mass is 32.1. The maximum atomic E-state index is 12.3. The normalized spacial score (nSPS) is 11.8. The second kappa shape index (κ2) is 7.60. The summed E-state index contributed by atoms with van der Waals surface area (Å²) in [6, 6.07) is 8.40. The summed E-state index contributed by atoms with van der Waals surface area (Å²) in [5, 5.41) is 9.33. The highest BCUT2D eigenvalue weighted by Gasteiger charge is 2.18. The maximum Gasteiger partial charge on any atom is 0.344 e. The van der Waals surface area contributed by atoms with E-state index in [1.165, 1.54) is 11.3 Å². The molecule has 27 heavy (non-hydrogen) atoms. The third kappa shape index (κ3) is 3.99. The number of carbonyl (C=O) groups excluding carboxylic acids is 1. The third-order valence-corrected chi connectivity index (χ3v) is 5.19. The molecule has 0 saturated heterocycles. The van der Waals surface area contributed by atoms with E-state index in [1.54, 1.807) is 31.2 Å². The van der Waals surface area contributed by atoms with Gasteiger partial charge in [0.15, 0.2) is 18.5 Å². The Morgan fingerprint density at radius 1 is 1.33 bits per heavy atom. The van der Waals surface area contributed by atoms with E-state index in [0.717, 1.165) is 10.4 Å². The molecule has 0 aliphatic carbocycles. The van der Waals surface area contributed by atoms with Crippen molar-refractivity contribution < 1.29 is 14.3 Å². The summed E-state index contributed by atoms with van der Waals surface area (Å²) in [4.78, 5) is 33.1. The molecule has 0 saturated carbocycles. The number of fused-ring (bicyclic) bond motifs is 1. The van der Waals surface area contributed by atoms with Gasteiger partial charge in [0.05, 0.1) is 17.0 Å². The van der Waals surface area contributed by atoms with Crippen LogP contribution in [0.2, 0.25) is 0 Å². The molecular formula is C19H17N3O4S. The molecule has 0 unspecified atom stereocenters. The first-order valence-corrected chi connectivity index (χ1v) is 9.03. The lowest BCUT2D eigenvalue weighted by atomic mass is 10.2. The molecular weight excluding hydrogens is 366 g/mol. The molecule has 0 bridgehead atoms. The molecule has 2 heterocycles. The largest absolute Gasteiger partial charge is 0.482 e. The first-order chi connectivity index (χ1) is 12.9. The first-order valence-electron chi connectivity index (χ1n) is 8.21. The van der Waals surface area contributed by atoms with Gasteiger partial charge in [-0.25, -0.2) is 9.78 Å². The van der Waals surface area contributed by atoms with Crippen LogP contribution in [0.4, 0.5) is 0 Å². The average Bonchev–Trinajstić information content (AvgIpc) is 2.94. The summed E-state index contributed by atoms with van der Waals surface area (Å²) in [6.45, 7) is 5.16. The van der Waals surface area contributed by atoms with Gasteiger partial charge in [0, 0.05) is 4.88 Å². The van der Waals surface area contributed by atoms with E-state index in [0.29, 0.717) is 27.4 Å². The van der Waals surface area contributed by atoms with E-state index in [-0.39, 0.29) is 12.2 Å². The summed E-state index contributed by atoms with van der Waals surface area (Å²) in [6.07, 6.45) is -0.720. The molecule has 0 amide bonds.